The maximum atomic E-state index is 11.7. The molecule has 1 aromatic carbocycles. The van der Waals surface area contributed by atoms with E-state index in [0.717, 1.165) is 24.3 Å². The second-order valence-electron chi connectivity index (χ2n) is 3.69. The number of terminal acetylenes is 1. The third kappa shape index (κ3) is 4.69. The van der Waals surface area contributed by atoms with Gasteiger partial charge < -0.3 is 0 Å². The van der Waals surface area contributed by atoms with Crippen LogP contribution in [-0.4, -0.2) is 19.9 Å². The van der Waals surface area contributed by atoms with Crippen molar-refractivity contribution in [1.29, 1.82) is 0 Å². The average molecular weight is 283 g/mol. The van der Waals surface area contributed by atoms with Gasteiger partial charge in [0.15, 0.2) is 0 Å². The first-order valence-corrected chi connectivity index (χ1v) is 6.95. The van der Waals surface area contributed by atoms with Gasteiger partial charge in [-0.15, -0.1) is 12.3 Å². The van der Waals surface area contributed by atoms with E-state index in [1.165, 1.54) is 0 Å². The Morgan fingerprint density at radius 1 is 1.26 bits per heavy atom. The zero-order valence-corrected chi connectivity index (χ0v) is 10.9. The van der Waals surface area contributed by atoms with Gasteiger partial charge in [-0.3, -0.25) is 14.3 Å². The van der Waals surface area contributed by atoms with Crippen molar-refractivity contribution in [3.63, 3.8) is 0 Å². The summed E-state index contributed by atoms with van der Waals surface area (Å²) in [4.78, 5) is 9.74. The number of unbranched alkanes of at least 4 members (excludes halogenated alkanes) is 2. The van der Waals surface area contributed by atoms with Gasteiger partial charge in [0, 0.05) is 18.6 Å². The Labute approximate surface area is 111 Å². The summed E-state index contributed by atoms with van der Waals surface area (Å²) in [5, 5.41) is 10.4. The summed E-state index contributed by atoms with van der Waals surface area (Å²) < 4.78 is 28.2. The molecule has 1 rings (SSSR count). The number of nitro groups is 1. The van der Waals surface area contributed by atoms with E-state index >= 15 is 0 Å². The van der Waals surface area contributed by atoms with Gasteiger partial charge in [-0.1, -0.05) is 0 Å². The molecule has 1 aromatic rings. The molecule has 0 amide bonds. The van der Waals surface area contributed by atoms with Gasteiger partial charge in [-0.05, 0) is 25.0 Å². The highest BCUT2D eigenvalue weighted by Crippen LogP contribution is 2.17. The third-order valence-corrected chi connectivity index (χ3v) is 3.62. The lowest BCUT2D eigenvalue weighted by atomic mass is 10.2. The van der Waals surface area contributed by atoms with Crippen LogP contribution in [-0.2, 0) is 14.3 Å². The molecular weight excluding hydrogens is 270 g/mol. The molecule has 0 saturated carbocycles. The molecule has 0 radical (unpaired) electrons. The van der Waals surface area contributed by atoms with Crippen molar-refractivity contribution in [3.8, 4) is 12.3 Å². The van der Waals surface area contributed by atoms with Crippen LogP contribution in [0.2, 0.25) is 0 Å². The molecule has 6 nitrogen and oxygen atoms in total. The molecule has 0 fully saturated rings. The van der Waals surface area contributed by atoms with Gasteiger partial charge in [-0.2, -0.15) is 8.42 Å². The molecule has 0 spiro atoms. The van der Waals surface area contributed by atoms with Crippen molar-refractivity contribution in [2.45, 2.75) is 24.2 Å². The smallest absolute Gasteiger partial charge is 0.266 e. The first kappa shape index (κ1) is 15.1. The van der Waals surface area contributed by atoms with E-state index < -0.39 is 15.0 Å². The molecule has 0 heterocycles. The molecule has 0 bridgehead atoms. The highest BCUT2D eigenvalue weighted by molar-refractivity contribution is 7.86. The van der Waals surface area contributed by atoms with Crippen molar-refractivity contribution in [1.82, 2.24) is 0 Å². The topological polar surface area (TPSA) is 86.5 Å². The second kappa shape index (κ2) is 6.87. The van der Waals surface area contributed by atoms with Gasteiger partial charge in [0.05, 0.1) is 16.4 Å². The van der Waals surface area contributed by atoms with E-state index in [9.17, 15) is 18.5 Å². The van der Waals surface area contributed by atoms with Crippen LogP contribution in [0, 0.1) is 22.5 Å². The highest BCUT2D eigenvalue weighted by atomic mass is 32.2. The minimum atomic E-state index is -3.86. The van der Waals surface area contributed by atoms with E-state index in [2.05, 4.69) is 5.92 Å². The second-order valence-corrected chi connectivity index (χ2v) is 5.30. The molecule has 0 N–H and O–H groups in total. The van der Waals surface area contributed by atoms with Crippen LogP contribution in [0.5, 0.6) is 0 Å². The zero-order chi connectivity index (χ0) is 14.3. The molecule has 0 aliphatic carbocycles. The standard InChI is InChI=1S/C12H13NO5S/c1-2-3-4-5-10-18-19(16,17)12-8-6-11(7-9-12)13(14)15/h1,6-9H,3-5,10H2. The maximum absolute atomic E-state index is 11.7. The Kier molecular flexibility index (Phi) is 5.48. The average Bonchev–Trinajstić information content (AvgIpc) is 2.38. The van der Waals surface area contributed by atoms with Crippen LogP contribution in [0.4, 0.5) is 5.69 Å². The van der Waals surface area contributed by atoms with E-state index in [4.69, 9.17) is 10.6 Å². The molecule has 0 aliphatic rings. The molecule has 0 aliphatic heterocycles. The predicted molar refractivity (Wildman–Crippen MR) is 68.9 cm³/mol. The van der Waals surface area contributed by atoms with Crippen molar-refractivity contribution < 1.29 is 17.5 Å². The maximum Gasteiger partial charge on any atom is 0.296 e. The zero-order valence-electron chi connectivity index (χ0n) is 10.1. The number of nitrogens with zero attached hydrogens (tertiary/aromatic N) is 1. The Balaban J connectivity index is 2.62. The summed E-state index contributed by atoms with van der Waals surface area (Å²) in [6.45, 7) is 0.0427. The third-order valence-electron chi connectivity index (χ3n) is 2.29. The Bertz CT molecular complexity index is 571. The van der Waals surface area contributed by atoms with E-state index in [1.54, 1.807) is 0 Å². The summed E-state index contributed by atoms with van der Waals surface area (Å²) in [7, 11) is -3.86. The van der Waals surface area contributed by atoms with Crippen LogP contribution in [0.15, 0.2) is 29.2 Å². The first-order valence-electron chi connectivity index (χ1n) is 5.55. The molecule has 0 aromatic heterocycles. The summed E-state index contributed by atoms with van der Waals surface area (Å²) in [6, 6.07) is 4.53. The highest BCUT2D eigenvalue weighted by Gasteiger charge is 2.16. The van der Waals surface area contributed by atoms with Crippen LogP contribution in [0.25, 0.3) is 0 Å². The molecule has 0 unspecified atom stereocenters. The molecule has 0 atom stereocenters. The lowest BCUT2D eigenvalue weighted by Gasteiger charge is -2.04. The monoisotopic (exact) mass is 283 g/mol. The molecule has 0 saturated heterocycles. The Morgan fingerprint density at radius 3 is 2.42 bits per heavy atom. The normalized spacial score (nSPS) is 10.9. The number of non-ortho nitro benzene ring substituents is 1. The number of hydrogen-bond acceptors (Lipinski definition) is 5. The van der Waals surface area contributed by atoms with Crippen LogP contribution in [0.3, 0.4) is 0 Å². The van der Waals surface area contributed by atoms with Crippen molar-refractivity contribution >= 4 is 15.8 Å². The summed E-state index contributed by atoms with van der Waals surface area (Å²) in [5.74, 6) is 2.44. The van der Waals surface area contributed by atoms with Crippen molar-refractivity contribution in [3.05, 3.63) is 34.4 Å². The predicted octanol–water partition coefficient (Wildman–Crippen LogP) is 2.10. The van der Waals surface area contributed by atoms with Crippen LogP contribution >= 0.6 is 0 Å². The SMILES string of the molecule is C#CCCCCOS(=O)(=O)c1ccc([N+](=O)[O-])cc1. The van der Waals surface area contributed by atoms with Gasteiger partial charge in [-0.25, -0.2) is 0 Å². The van der Waals surface area contributed by atoms with E-state index in [-0.39, 0.29) is 17.2 Å². The summed E-state index contributed by atoms with van der Waals surface area (Å²) >= 11 is 0. The van der Waals surface area contributed by atoms with E-state index in [0.29, 0.717) is 19.3 Å². The van der Waals surface area contributed by atoms with Crippen LogP contribution in [0.1, 0.15) is 19.3 Å². The fourth-order valence-corrected chi connectivity index (χ4v) is 2.24. The Morgan fingerprint density at radius 2 is 1.89 bits per heavy atom. The van der Waals surface area contributed by atoms with Gasteiger partial charge in [0.1, 0.15) is 0 Å². The lowest BCUT2D eigenvalue weighted by molar-refractivity contribution is -0.384. The minimum absolute atomic E-state index is 0.0427. The van der Waals surface area contributed by atoms with Gasteiger partial charge in [0.25, 0.3) is 15.8 Å². The molecule has 102 valence electrons. The molecular formula is C12H13NO5S. The largest absolute Gasteiger partial charge is 0.296 e. The number of hydrogen-bond donors (Lipinski definition) is 0. The number of benzene rings is 1. The summed E-state index contributed by atoms with van der Waals surface area (Å²) in [5.41, 5.74) is -0.173. The fourth-order valence-electron chi connectivity index (χ4n) is 1.30. The fraction of sp³-hybridized carbons (Fsp3) is 0.333. The van der Waals surface area contributed by atoms with E-state index in [1.807, 2.05) is 0 Å². The number of nitro benzene ring substituents is 1. The van der Waals surface area contributed by atoms with Gasteiger partial charge >= 0.3 is 0 Å². The Hall–Kier alpha value is -1.91. The quantitative estimate of drug-likeness (QED) is 0.251. The van der Waals surface area contributed by atoms with Crippen LogP contribution < -0.4 is 0 Å². The number of rotatable bonds is 7. The lowest BCUT2D eigenvalue weighted by Crippen LogP contribution is -2.07. The minimum Gasteiger partial charge on any atom is -0.266 e. The molecule has 19 heavy (non-hydrogen) atoms. The first-order chi connectivity index (χ1) is 8.97. The molecule has 7 heteroatoms. The summed E-state index contributed by atoms with van der Waals surface area (Å²) in [6.07, 6.45) is 6.86. The van der Waals surface area contributed by atoms with Gasteiger partial charge in [0.2, 0.25) is 0 Å². The van der Waals surface area contributed by atoms with Crippen molar-refractivity contribution in [2.75, 3.05) is 6.61 Å². The van der Waals surface area contributed by atoms with Crippen molar-refractivity contribution in [2.24, 2.45) is 0 Å².